The van der Waals surface area contributed by atoms with Crippen LogP contribution < -0.4 is 0 Å². The molecule has 8 heteroatoms. The molecule has 3 aliphatic rings. The van der Waals surface area contributed by atoms with Crippen molar-refractivity contribution in [3.63, 3.8) is 0 Å². The van der Waals surface area contributed by atoms with Gasteiger partial charge >= 0.3 is 31.5 Å². The SMILES string of the molecule is C=CC1C[C-]1C(=O)OC1CCC(OC(=O)C2(C(=O)OC)CC2C=C)CC1.[CH3-].[O]=[Co]. The minimum atomic E-state index is -1.22. The second-order valence-corrected chi connectivity index (χ2v) is 7.29. The van der Waals surface area contributed by atoms with E-state index in [1.54, 1.807) is 12.2 Å². The molecule has 3 unspecified atom stereocenters. The summed E-state index contributed by atoms with van der Waals surface area (Å²) in [4.78, 5) is 36.5. The molecule has 165 valence electrons. The summed E-state index contributed by atoms with van der Waals surface area (Å²) < 4.78 is 23.8. The number of allylic oxidation sites excluding steroid dienone is 2. The summed E-state index contributed by atoms with van der Waals surface area (Å²) in [7, 11) is 1.27. The normalized spacial score (nSPS) is 31.6. The number of ether oxygens (including phenoxy) is 3. The average molecular weight is 451 g/mol. The number of rotatable bonds is 7. The van der Waals surface area contributed by atoms with Crippen molar-refractivity contribution in [3.8, 4) is 0 Å². The summed E-state index contributed by atoms with van der Waals surface area (Å²) >= 11 is 2.31. The summed E-state index contributed by atoms with van der Waals surface area (Å²) in [6.45, 7) is 7.34. The van der Waals surface area contributed by atoms with Gasteiger partial charge in [-0.25, -0.2) is 0 Å². The summed E-state index contributed by atoms with van der Waals surface area (Å²) in [5.41, 5.74) is -1.22. The fourth-order valence-corrected chi connectivity index (χ4v) is 3.70. The molecule has 0 N–H and O–H groups in total. The van der Waals surface area contributed by atoms with Crippen LogP contribution in [0.1, 0.15) is 38.5 Å². The molecular formula is C21H28CoO7-2. The maximum absolute atomic E-state index is 12.5. The van der Waals surface area contributed by atoms with Crippen molar-refractivity contribution in [2.75, 3.05) is 7.11 Å². The van der Waals surface area contributed by atoms with Crippen molar-refractivity contribution in [1.29, 1.82) is 0 Å². The van der Waals surface area contributed by atoms with Gasteiger partial charge in [0.15, 0.2) is 11.4 Å². The average Bonchev–Trinajstić information content (AvgIpc) is 3.63. The monoisotopic (exact) mass is 451 g/mol. The van der Waals surface area contributed by atoms with Crippen LogP contribution in [0.2, 0.25) is 0 Å². The van der Waals surface area contributed by atoms with E-state index in [9.17, 15) is 14.4 Å². The fraction of sp³-hybridized carbons (Fsp3) is 0.571. The molecule has 3 saturated carbocycles. The van der Waals surface area contributed by atoms with Gasteiger partial charge in [0.25, 0.3) is 0 Å². The molecule has 0 heterocycles. The maximum atomic E-state index is 12.5. The van der Waals surface area contributed by atoms with Crippen LogP contribution in [-0.2, 0) is 48.1 Å². The third-order valence-corrected chi connectivity index (χ3v) is 5.66. The Morgan fingerprint density at radius 1 is 1.00 bits per heavy atom. The molecule has 0 aromatic heterocycles. The molecule has 29 heavy (non-hydrogen) atoms. The van der Waals surface area contributed by atoms with Crippen molar-refractivity contribution >= 4 is 17.9 Å². The van der Waals surface area contributed by atoms with Crippen molar-refractivity contribution in [2.24, 2.45) is 17.3 Å². The third kappa shape index (κ3) is 5.36. The second-order valence-electron chi connectivity index (χ2n) is 7.29. The van der Waals surface area contributed by atoms with E-state index in [4.69, 9.17) is 18.1 Å². The first-order chi connectivity index (χ1) is 13.5. The molecule has 3 atom stereocenters. The Bertz CT molecular complexity index is 641. The molecule has 3 rings (SSSR count). The van der Waals surface area contributed by atoms with Crippen LogP contribution in [0.4, 0.5) is 0 Å². The van der Waals surface area contributed by atoms with E-state index < -0.39 is 17.4 Å². The van der Waals surface area contributed by atoms with E-state index in [0.29, 0.717) is 32.1 Å². The minimum absolute atomic E-state index is 0. The Morgan fingerprint density at radius 2 is 1.55 bits per heavy atom. The number of carbonyl (C=O) groups excluding carboxylic acids is 3. The van der Waals surface area contributed by atoms with E-state index in [1.807, 2.05) is 0 Å². The molecule has 0 spiro atoms. The number of hydrogen-bond donors (Lipinski definition) is 0. The van der Waals surface area contributed by atoms with Gasteiger partial charge in [0.05, 0.1) is 13.2 Å². The zero-order valence-corrected chi connectivity index (χ0v) is 17.9. The molecule has 0 radical (unpaired) electrons. The van der Waals surface area contributed by atoms with Crippen molar-refractivity contribution < 1.29 is 48.1 Å². The Labute approximate surface area is 180 Å². The van der Waals surface area contributed by atoms with Gasteiger partial charge in [0.2, 0.25) is 0 Å². The standard InChI is InChI=1S/C20H25O6.CH3.Co.O/c1-4-12-10-16(12)17(21)25-14-6-8-15(9-7-14)26-19(23)20(18(22)24-3)11-13(20)5-2;;;/h4-5,12-15H,1-2,6-11H2,3H3;1H3;;/q2*-1;;. The van der Waals surface area contributed by atoms with E-state index in [0.717, 1.165) is 12.3 Å². The first kappa shape index (κ1) is 25.1. The van der Waals surface area contributed by atoms with Gasteiger partial charge in [-0.1, -0.05) is 6.08 Å². The Balaban J connectivity index is 0.00000136. The molecule has 7 nitrogen and oxygen atoms in total. The summed E-state index contributed by atoms with van der Waals surface area (Å²) in [6.07, 6.45) is 6.59. The van der Waals surface area contributed by atoms with Gasteiger partial charge in [-0.2, -0.15) is 6.42 Å². The molecule has 3 aliphatic carbocycles. The predicted molar refractivity (Wildman–Crippen MR) is 99.6 cm³/mol. The number of esters is 3. The Morgan fingerprint density at radius 3 is 1.97 bits per heavy atom. The van der Waals surface area contributed by atoms with Gasteiger partial charge in [0.1, 0.15) is 6.10 Å². The van der Waals surface area contributed by atoms with Crippen LogP contribution >= 0.6 is 0 Å². The number of methoxy groups -OCH3 is 1. The predicted octanol–water partition coefficient (Wildman–Crippen LogP) is 2.86. The summed E-state index contributed by atoms with van der Waals surface area (Å²) in [5, 5.41) is 0. The third-order valence-electron chi connectivity index (χ3n) is 5.66. The Hall–Kier alpha value is -1.93. The van der Waals surface area contributed by atoms with Crippen molar-refractivity contribution in [3.05, 3.63) is 38.7 Å². The molecular weight excluding hydrogens is 423 g/mol. The molecule has 3 fully saturated rings. The molecule has 0 aromatic carbocycles. The van der Waals surface area contributed by atoms with Crippen LogP contribution in [0.15, 0.2) is 25.3 Å². The fourth-order valence-electron chi connectivity index (χ4n) is 3.70. The van der Waals surface area contributed by atoms with Crippen LogP contribution in [0.3, 0.4) is 0 Å². The first-order valence-corrected chi connectivity index (χ1v) is 9.63. The molecule has 0 saturated heterocycles. The first-order valence-electron chi connectivity index (χ1n) is 9.21. The number of carbonyl (C=O) groups is 3. The van der Waals surface area contributed by atoms with Gasteiger partial charge in [-0.15, -0.1) is 25.2 Å². The molecule has 0 aliphatic heterocycles. The zero-order valence-electron chi connectivity index (χ0n) is 16.8. The van der Waals surface area contributed by atoms with E-state index in [1.165, 1.54) is 7.11 Å². The van der Waals surface area contributed by atoms with Gasteiger partial charge in [-0.3, -0.25) is 20.3 Å². The quantitative estimate of drug-likeness (QED) is 0.193. The topological polar surface area (TPSA) is 96.0 Å². The van der Waals surface area contributed by atoms with E-state index >= 15 is 0 Å². The van der Waals surface area contributed by atoms with Crippen LogP contribution in [-0.4, -0.2) is 37.2 Å². The van der Waals surface area contributed by atoms with Crippen LogP contribution in [0.5, 0.6) is 0 Å². The van der Waals surface area contributed by atoms with Crippen molar-refractivity contribution in [2.45, 2.75) is 50.7 Å². The second kappa shape index (κ2) is 10.7. The van der Waals surface area contributed by atoms with E-state index in [-0.39, 0.29) is 37.4 Å². The van der Waals surface area contributed by atoms with Gasteiger partial charge < -0.3 is 21.6 Å². The number of hydrogen-bond acceptors (Lipinski definition) is 7. The summed E-state index contributed by atoms with van der Waals surface area (Å²) in [5.74, 6) is -0.589. The molecule has 0 amide bonds. The van der Waals surface area contributed by atoms with Crippen LogP contribution in [0, 0.1) is 30.6 Å². The molecule has 0 bridgehead atoms. The molecule has 0 aromatic rings. The van der Waals surface area contributed by atoms with E-state index in [2.05, 4.69) is 28.8 Å². The van der Waals surface area contributed by atoms with Crippen molar-refractivity contribution in [1.82, 2.24) is 0 Å². The van der Waals surface area contributed by atoms with Crippen LogP contribution in [0.25, 0.3) is 0 Å². The zero-order chi connectivity index (χ0) is 20.9. The van der Waals surface area contributed by atoms with Gasteiger partial charge in [0, 0.05) is 5.92 Å². The van der Waals surface area contributed by atoms with Gasteiger partial charge in [-0.05, 0) is 32.1 Å². The Kier molecular flexibility index (Phi) is 9.29. The summed E-state index contributed by atoms with van der Waals surface area (Å²) in [6, 6.07) is 0.